The molecule has 40 heavy (non-hydrogen) atoms. The lowest BCUT2D eigenvalue weighted by molar-refractivity contribution is 0.00956. The topological polar surface area (TPSA) is 157 Å². The lowest BCUT2D eigenvalue weighted by Gasteiger charge is -2.27. The van der Waals surface area contributed by atoms with Crippen LogP contribution in [0.2, 0.25) is 0 Å². The van der Waals surface area contributed by atoms with Crippen molar-refractivity contribution in [3.8, 4) is 0 Å². The van der Waals surface area contributed by atoms with Crippen molar-refractivity contribution in [2.75, 3.05) is 39.5 Å². The molecule has 0 saturated heterocycles. The number of aryl methyl sites for hydroxylation is 2. The lowest BCUT2D eigenvalue weighted by Crippen LogP contribution is -2.41. The summed E-state index contributed by atoms with van der Waals surface area (Å²) in [6.07, 6.45) is -0.672. The predicted molar refractivity (Wildman–Crippen MR) is 150 cm³/mol. The van der Waals surface area contributed by atoms with Crippen LogP contribution < -0.4 is 0 Å². The van der Waals surface area contributed by atoms with Crippen LogP contribution in [-0.2, 0) is 34.4 Å². The Morgan fingerprint density at radius 1 is 0.750 bits per heavy atom. The average Bonchev–Trinajstić information content (AvgIpc) is 2.81. The highest BCUT2D eigenvalue weighted by molar-refractivity contribution is 7.86. The van der Waals surface area contributed by atoms with Gasteiger partial charge in [0.05, 0.1) is 26.4 Å². The molecule has 0 spiro atoms. The van der Waals surface area contributed by atoms with Crippen LogP contribution in [0.4, 0.5) is 4.79 Å². The minimum absolute atomic E-state index is 0.00402. The molecule has 0 aliphatic carbocycles. The minimum atomic E-state index is -4.45. The Labute approximate surface area is 236 Å². The molecule has 0 saturated carbocycles. The van der Waals surface area contributed by atoms with Crippen molar-refractivity contribution in [2.24, 2.45) is 0 Å². The molecule has 0 fully saturated rings. The minimum Gasteiger partial charge on any atom is -0.444 e. The summed E-state index contributed by atoms with van der Waals surface area (Å²) in [6, 6.07) is 13.3. The zero-order chi connectivity index (χ0) is 30.1. The van der Waals surface area contributed by atoms with Gasteiger partial charge in [0.1, 0.15) is 16.1 Å². The monoisotopic (exact) mass is 601 g/mol. The Balaban J connectivity index is 2.01. The van der Waals surface area contributed by atoms with Gasteiger partial charge in [-0.1, -0.05) is 59.7 Å². The summed E-state index contributed by atoms with van der Waals surface area (Å²) >= 11 is 0. The fourth-order valence-corrected chi connectivity index (χ4v) is 5.16. The van der Waals surface area contributed by atoms with E-state index < -0.39 is 42.4 Å². The van der Waals surface area contributed by atoms with Crippen LogP contribution in [0.15, 0.2) is 48.5 Å². The Morgan fingerprint density at radius 2 is 1.10 bits per heavy atom. The molecule has 2 N–H and O–H groups in total. The molecular weight excluding hydrogens is 562 g/mol. The fourth-order valence-electron chi connectivity index (χ4n) is 3.62. The van der Waals surface area contributed by atoms with Crippen molar-refractivity contribution >= 4 is 26.3 Å². The van der Waals surface area contributed by atoms with E-state index in [1.165, 1.54) is 4.90 Å². The molecule has 1 amide bonds. The molecule has 2 unspecified atom stereocenters. The van der Waals surface area contributed by atoms with Crippen LogP contribution in [0.25, 0.3) is 0 Å². The number of ether oxygens (including phenoxy) is 3. The summed E-state index contributed by atoms with van der Waals surface area (Å²) < 4.78 is 83.7. The average molecular weight is 602 g/mol. The molecular formula is C27H39NO10S2. The van der Waals surface area contributed by atoms with Gasteiger partial charge in [-0.25, -0.2) is 4.79 Å². The van der Waals surface area contributed by atoms with E-state index >= 15 is 0 Å². The molecule has 224 valence electrons. The maximum atomic E-state index is 12.8. The molecule has 13 heteroatoms. The smallest absolute Gasteiger partial charge is 0.410 e. The molecule has 0 radical (unpaired) electrons. The van der Waals surface area contributed by atoms with Gasteiger partial charge >= 0.3 is 6.09 Å². The van der Waals surface area contributed by atoms with Gasteiger partial charge in [-0.15, -0.1) is 0 Å². The number of rotatable bonds is 14. The van der Waals surface area contributed by atoms with Crippen LogP contribution >= 0.6 is 0 Å². The van der Waals surface area contributed by atoms with Gasteiger partial charge in [0.15, 0.2) is 0 Å². The molecule has 0 bridgehead atoms. The van der Waals surface area contributed by atoms with Crippen molar-refractivity contribution in [1.82, 2.24) is 4.90 Å². The van der Waals surface area contributed by atoms with E-state index in [0.29, 0.717) is 11.1 Å². The van der Waals surface area contributed by atoms with Gasteiger partial charge in [-0.3, -0.25) is 9.11 Å². The van der Waals surface area contributed by atoms with Gasteiger partial charge in [-0.05, 0) is 45.7 Å². The molecule has 0 heterocycles. The van der Waals surface area contributed by atoms with Crippen molar-refractivity contribution < 1.29 is 44.9 Å². The van der Waals surface area contributed by atoms with Crippen LogP contribution in [0.5, 0.6) is 0 Å². The van der Waals surface area contributed by atoms with Crippen LogP contribution in [0.3, 0.4) is 0 Å². The fraction of sp³-hybridized carbons (Fsp3) is 0.519. The molecule has 2 aromatic rings. The summed E-state index contributed by atoms with van der Waals surface area (Å²) in [5.74, 6) is 0. The Bertz CT molecular complexity index is 1210. The second-order valence-corrected chi connectivity index (χ2v) is 13.6. The first-order valence-corrected chi connectivity index (χ1v) is 15.7. The summed E-state index contributed by atoms with van der Waals surface area (Å²) in [5.41, 5.74) is 1.80. The van der Waals surface area contributed by atoms with E-state index in [-0.39, 0.29) is 39.5 Å². The highest BCUT2D eigenvalue weighted by atomic mass is 32.2. The Kier molecular flexibility index (Phi) is 12.1. The number of carbonyl (C=O) groups excluding carboxylic acids is 1. The third-order valence-corrected chi connectivity index (χ3v) is 8.07. The first kappa shape index (κ1) is 33.7. The normalized spacial score (nSPS) is 14.0. The van der Waals surface area contributed by atoms with Crippen molar-refractivity contribution in [3.05, 3.63) is 70.8 Å². The van der Waals surface area contributed by atoms with Crippen LogP contribution in [0, 0.1) is 13.8 Å². The summed E-state index contributed by atoms with van der Waals surface area (Å²) in [7, 11) is -8.91. The zero-order valence-corrected chi connectivity index (χ0v) is 25.1. The van der Waals surface area contributed by atoms with E-state index in [1.807, 2.05) is 13.8 Å². The van der Waals surface area contributed by atoms with Crippen LogP contribution in [-0.4, -0.2) is 82.1 Å². The summed E-state index contributed by atoms with van der Waals surface area (Å²) in [4.78, 5) is 14.0. The van der Waals surface area contributed by atoms with Crippen molar-refractivity contribution in [1.29, 1.82) is 0 Å². The van der Waals surface area contributed by atoms with Gasteiger partial charge in [0.25, 0.3) is 20.2 Å². The number of nitrogens with zero attached hydrogens (tertiary/aromatic N) is 1. The van der Waals surface area contributed by atoms with Gasteiger partial charge < -0.3 is 19.1 Å². The number of hydrogen-bond donors (Lipinski definition) is 2. The maximum absolute atomic E-state index is 12.8. The van der Waals surface area contributed by atoms with Gasteiger partial charge in [0, 0.05) is 13.1 Å². The van der Waals surface area contributed by atoms with E-state index in [4.69, 9.17) is 14.2 Å². The maximum Gasteiger partial charge on any atom is 0.410 e. The zero-order valence-electron chi connectivity index (χ0n) is 23.4. The lowest BCUT2D eigenvalue weighted by atomic mass is 10.1. The highest BCUT2D eigenvalue weighted by Gasteiger charge is 2.28. The first-order chi connectivity index (χ1) is 18.5. The second kappa shape index (κ2) is 14.4. The molecule has 0 aliphatic heterocycles. The molecule has 2 aromatic carbocycles. The number of benzene rings is 2. The summed E-state index contributed by atoms with van der Waals surface area (Å²) in [6.45, 7) is 7.98. The van der Waals surface area contributed by atoms with Gasteiger partial charge in [-0.2, -0.15) is 16.8 Å². The molecule has 2 atom stereocenters. The first-order valence-electron chi connectivity index (χ1n) is 12.7. The van der Waals surface area contributed by atoms with E-state index in [9.17, 15) is 30.7 Å². The Hall–Kier alpha value is -2.55. The third-order valence-electron chi connectivity index (χ3n) is 5.82. The van der Waals surface area contributed by atoms with E-state index in [2.05, 4.69) is 0 Å². The summed E-state index contributed by atoms with van der Waals surface area (Å²) in [5, 5.41) is -2.60. The molecule has 2 rings (SSSR count). The molecule has 0 aromatic heterocycles. The van der Waals surface area contributed by atoms with Gasteiger partial charge in [0.2, 0.25) is 0 Å². The number of carbonyl (C=O) groups is 1. The third kappa shape index (κ3) is 11.5. The van der Waals surface area contributed by atoms with E-state index in [0.717, 1.165) is 11.1 Å². The molecule has 0 aliphatic rings. The predicted octanol–water partition coefficient (Wildman–Crippen LogP) is 4.13. The van der Waals surface area contributed by atoms with Crippen molar-refractivity contribution in [3.63, 3.8) is 0 Å². The number of amides is 1. The SMILES string of the molecule is Cc1ccc(C(COCCN(CCOCC(c2ccc(C)cc2)S(=O)(=O)O)C(=O)OC(C)(C)C)S(=O)(=O)O)cc1. The number of hydrogen-bond acceptors (Lipinski definition) is 8. The van der Waals surface area contributed by atoms with E-state index in [1.54, 1.807) is 69.3 Å². The largest absolute Gasteiger partial charge is 0.444 e. The van der Waals surface area contributed by atoms with Crippen LogP contribution in [0.1, 0.15) is 53.5 Å². The standard InChI is InChI=1S/C27H39NO10S2/c1-20-6-10-22(11-7-20)24(39(30,31)32)18-36-16-14-28(26(29)38-27(3,4)5)15-17-37-19-25(40(33,34)35)23-12-8-21(2)9-13-23/h6-13,24-25H,14-19H2,1-5H3,(H,30,31,32)(H,33,34,35). The quantitative estimate of drug-likeness (QED) is 0.238. The molecule has 11 nitrogen and oxygen atoms in total. The second-order valence-electron chi connectivity index (χ2n) is 10.4. The Morgan fingerprint density at radius 3 is 1.40 bits per heavy atom. The van der Waals surface area contributed by atoms with Crippen molar-refractivity contribution in [2.45, 2.75) is 50.7 Å². The highest BCUT2D eigenvalue weighted by Crippen LogP contribution is 2.24.